The second kappa shape index (κ2) is 10.1. The summed E-state index contributed by atoms with van der Waals surface area (Å²) in [5.41, 5.74) is 9.71. The summed E-state index contributed by atoms with van der Waals surface area (Å²) in [6.07, 6.45) is 2.54. The predicted molar refractivity (Wildman–Crippen MR) is 132 cm³/mol. The number of hydrogen-bond acceptors (Lipinski definition) is 7. The van der Waals surface area contributed by atoms with Crippen molar-refractivity contribution >= 4 is 41.1 Å². The Bertz CT molecular complexity index is 1170. The number of halogens is 2. The van der Waals surface area contributed by atoms with Crippen molar-refractivity contribution in [1.29, 1.82) is 0 Å². The molecule has 0 aliphatic carbocycles. The summed E-state index contributed by atoms with van der Waals surface area (Å²) in [5.74, 6) is 5.66. The molecule has 0 saturated heterocycles. The van der Waals surface area contributed by atoms with Gasteiger partial charge in [-0.2, -0.15) is 5.10 Å². The van der Waals surface area contributed by atoms with Crippen LogP contribution in [0.2, 0.25) is 10.0 Å². The Labute approximate surface area is 197 Å². The summed E-state index contributed by atoms with van der Waals surface area (Å²) in [6.45, 7) is 6.87. The molecule has 0 amide bonds. The van der Waals surface area contributed by atoms with Gasteiger partial charge in [0, 0.05) is 16.7 Å². The Morgan fingerprint density at radius 1 is 1.09 bits per heavy atom. The van der Waals surface area contributed by atoms with Crippen LogP contribution in [0, 0.1) is 0 Å². The summed E-state index contributed by atoms with van der Waals surface area (Å²) in [4.78, 5) is 17.7. The van der Waals surface area contributed by atoms with Crippen molar-refractivity contribution in [2.24, 2.45) is 15.9 Å². The number of nitrogen functional groups attached to an aromatic ring is 1. The van der Waals surface area contributed by atoms with E-state index in [9.17, 15) is 0 Å². The molecule has 3 rings (SSSR count). The standard InChI is InChI=1S/C23H25Cl2N7/c1-4-23(2,3)20-10-5-7-14(29-20)12-28-13-19(32-27)18-11-17(30-22(26)31-18)15-8-6-9-16(24)21(15)25/h5-11,13H,4,12,27H2,1-3H3,(H2,26,30,31)/b28-13?,32-19+. The number of aromatic nitrogens is 3. The zero-order valence-corrected chi connectivity index (χ0v) is 19.7. The summed E-state index contributed by atoms with van der Waals surface area (Å²) >= 11 is 12.5. The largest absolute Gasteiger partial charge is 0.368 e. The van der Waals surface area contributed by atoms with Gasteiger partial charge in [0.1, 0.15) is 5.71 Å². The molecular weight excluding hydrogens is 445 g/mol. The molecule has 0 unspecified atom stereocenters. The van der Waals surface area contributed by atoms with Crippen molar-refractivity contribution in [2.45, 2.75) is 39.2 Å². The fourth-order valence-electron chi connectivity index (χ4n) is 2.95. The molecule has 0 atom stereocenters. The van der Waals surface area contributed by atoms with Crippen LogP contribution in [0.4, 0.5) is 5.95 Å². The topological polar surface area (TPSA) is 115 Å². The lowest BCUT2D eigenvalue weighted by molar-refractivity contribution is 0.488. The summed E-state index contributed by atoms with van der Waals surface area (Å²) in [6, 6.07) is 12.9. The van der Waals surface area contributed by atoms with Crippen LogP contribution in [0.3, 0.4) is 0 Å². The summed E-state index contributed by atoms with van der Waals surface area (Å²) in [5, 5.41) is 4.61. The maximum Gasteiger partial charge on any atom is 0.221 e. The third kappa shape index (κ3) is 5.41. The van der Waals surface area contributed by atoms with Gasteiger partial charge < -0.3 is 11.6 Å². The average Bonchev–Trinajstić information content (AvgIpc) is 2.78. The Balaban J connectivity index is 1.85. The van der Waals surface area contributed by atoms with Crippen LogP contribution in [0.25, 0.3) is 11.3 Å². The lowest BCUT2D eigenvalue weighted by Gasteiger charge is -2.22. The molecule has 0 radical (unpaired) electrons. The molecule has 0 aliphatic heterocycles. The minimum Gasteiger partial charge on any atom is -0.368 e. The number of aliphatic imine (C=N–C) groups is 1. The molecule has 2 aromatic heterocycles. The molecule has 166 valence electrons. The average molecular weight is 470 g/mol. The maximum absolute atomic E-state index is 6.33. The fraction of sp³-hybridized carbons (Fsp3) is 0.261. The van der Waals surface area contributed by atoms with E-state index in [1.807, 2.05) is 18.2 Å². The molecular formula is C23H25Cl2N7. The van der Waals surface area contributed by atoms with Crippen molar-refractivity contribution in [3.05, 3.63) is 69.6 Å². The zero-order chi connectivity index (χ0) is 23.3. The van der Waals surface area contributed by atoms with E-state index in [-0.39, 0.29) is 11.4 Å². The van der Waals surface area contributed by atoms with E-state index in [0.717, 1.165) is 17.8 Å². The van der Waals surface area contributed by atoms with Crippen LogP contribution >= 0.6 is 23.2 Å². The van der Waals surface area contributed by atoms with Crippen LogP contribution in [-0.2, 0) is 12.0 Å². The van der Waals surface area contributed by atoms with Gasteiger partial charge in [-0.25, -0.2) is 9.97 Å². The highest BCUT2D eigenvalue weighted by Gasteiger charge is 2.19. The minimum atomic E-state index is 0.0000957. The van der Waals surface area contributed by atoms with E-state index >= 15 is 0 Å². The fourth-order valence-corrected chi connectivity index (χ4v) is 3.35. The Morgan fingerprint density at radius 2 is 1.84 bits per heavy atom. The number of pyridine rings is 1. The summed E-state index contributed by atoms with van der Waals surface area (Å²) in [7, 11) is 0. The number of rotatable bonds is 7. The van der Waals surface area contributed by atoms with Crippen LogP contribution in [-0.4, -0.2) is 26.9 Å². The molecule has 0 spiro atoms. The normalized spacial score (nSPS) is 12.5. The maximum atomic E-state index is 6.33. The van der Waals surface area contributed by atoms with Gasteiger partial charge in [0.15, 0.2) is 0 Å². The van der Waals surface area contributed by atoms with Crippen molar-refractivity contribution in [3.63, 3.8) is 0 Å². The van der Waals surface area contributed by atoms with Gasteiger partial charge in [0.2, 0.25) is 5.95 Å². The quantitative estimate of drug-likeness (QED) is 0.285. The van der Waals surface area contributed by atoms with E-state index in [2.05, 4.69) is 40.8 Å². The second-order valence-corrected chi connectivity index (χ2v) is 8.62. The predicted octanol–water partition coefficient (Wildman–Crippen LogP) is 5.05. The van der Waals surface area contributed by atoms with Gasteiger partial charge in [0.05, 0.1) is 39.9 Å². The van der Waals surface area contributed by atoms with Gasteiger partial charge in [-0.15, -0.1) is 0 Å². The Kier molecular flexibility index (Phi) is 7.43. The molecule has 3 aromatic rings. The SMILES string of the molecule is CCC(C)(C)c1cccc(CN=C/C(=N\N)c2cc(-c3cccc(Cl)c3Cl)nc(N)n2)n1. The van der Waals surface area contributed by atoms with Crippen molar-refractivity contribution in [1.82, 2.24) is 15.0 Å². The Morgan fingerprint density at radius 3 is 2.56 bits per heavy atom. The van der Waals surface area contributed by atoms with E-state index < -0.39 is 0 Å². The van der Waals surface area contributed by atoms with Crippen molar-refractivity contribution in [3.8, 4) is 11.3 Å². The van der Waals surface area contributed by atoms with Crippen molar-refractivity contribution < 1.29 is 0 Å². The van der Waals surface area contributed by atoms with Crippen LogP contribution < -0.4 is 11.6 Å². The molecule has 0 bridgehead atoms. The number of nitrogens with two attached hydrogens (primary N) is 2. The number of hydrogen-bond donors (Lipinski definition) is 2. The highest BCUT2D eigenvalue weighted by atomic mass is 35.5. The van der Waals surface area contributed by atoms with Gasteiger partial charge >= 0.3 is 0 Å². The van der Waals surface area contributed by atoms with Gasteiger partial charge in [-0.3, -0.25) is 9.98 Å². The molecule has 32 heavy (non-hydrogen) atoms. The number of anilines is 1. The molecule has 4 N–H and O–H groups in total. The third-order valence-electron chi connectivity index (χ3n) is 5.22. The van der Waals surface area contributed by atoms with E-state index in [1.54, 1.807) is 30.5 Å². The van der Waals surface area contributed by atoms with E-state index in [1.165, 1.54) is 0 Å². The zero-order valence-electron chi connectivity index (χ0n) is 18.2. The molecule has 0 fully saturated rings. The molecule has 2 heterocycles. The van der Waals surface area contributed by atoms with E-state index in [4.69, 9.17) is 39.8 Å². The number of hydrazone groups is 1. The molecule has 1 aromatic carbocycles. The van der Waals surface area contributed by atoms with Gasteiger partial charge in [0.25, 0.3) is 0 Å². The first-order valence-electron chi connectivity index (χ1n) is 10.1. The first-order valence-corrected chi connectivity index (χ1v) is 10.8. The van der Waals surface area contributed by atoms with E-state index in [0.29, 0.717) is 39.3 Å². The lowest BCUT2D eigenvalue weighted by Crippen LogP contribution is -2.18. The third-order valence-corrected chi connectivity index (χ3v) is 6.04. The van der Waals surface area contributed by atoms with Crippen LogP contribution in [0.5, 0.6) is 0 Å². The second-order valence-electron chi connectivity index (χ2n) is 7.83. The summed E-state index contributed by atoms with van der Waals surface area (Å²) < 4.78 is 0. The Hall–Kier alpha value is -3.03. The smallest absolute Gasteiger partial charge is 0.221 e. The van der Waals surface area contributed by atoms with Crippen LogP contribution in [0.1, 0.15) is 44.3 Å². The monoisotopic (exact) mass is 469 g/mol. The van der Waals surface area contributed by atoms with Crippen LogP contribution in [0.15, 0.2) is 52.6 Å². The molecule has 7 nitrogen and oxygen atoms in total. The highest BCUT2D eigenvalue weighted by molar-refractivity contribution is 6.43. The number of nitrogens with zero attached hydrogens (tertiary/aromatic N) is 5. The van der Waals surface area contributed by atoms with Gasteiger partial charge in [-0.1, -0.05) is 62.2 Å². The van der Waals surface area contributed by atoms with Crippen molar-refractivity contribution in [2.75, 3.05) is 5.73 Å². The molecule has 0 saturated carbocycles. The molecule has 9 heteroatoms. The molecule has 0 aliphatic rings. The lowest BCUT2D eigenvalue weighted by atomic mass is 9.86. The van der Waals surface area contributed by atoms with Gasteiger partial charge in [-0.05, 0) is 30.7 Å². The first-order chi connectivity index (χ1) is 15.2. The highest BCUT2D eigenvalue weighted by Crippen LogP contribution is 2.33. The minimum absolute atomic E-state index is 0.0000957. The number of benzene rings is 1. The first kappa shape index (κ1) is 23.6.